The molecule has 0 spiro atoms. The Labute approximate surface area is 74.5 Å². The second-order valence-electron chi connectivity index (χ2n) is 2.16. The molecule has 11 heavy (non-hydrogen) atoms. The first-order valence-electron chi connectivity index (χ1n) is 3.35. The van der Waals surface area contributed by atoms with Crippen LogP contribution in [0.3, 0.4) is 0 Å². The van der Waals surface area contributed by atoms with Crippen molar-refractivity contribution in [1.82, 2.24) is 0 Å². The highest BCUT2D eigenvalue weighted by Gasteiger charge is 1.88. The van der Waals surface area contributed by atoms with Gasteiger partial charge in [-0.25, -0.2) is 0 Å². The van der Waals surface area contributed by atoms with E-state index in [2.05, 4.69) is 15.9 Å². The lowest BCUT2D eigenvalue weighted by molar-refractivity contribution is 0.341. The molecule has 0 aromatic heterocycles. The van der Waals surface area contributed by atoms with E-state index in [4.69, 9.17) is 5.11 Å². The van der Waals surface area contributed by atoms with Crippen LogP contribution in [-0.4, -0.2) is 11.7 Å². The molecule has 0 unspecified atom stereocenters. The van der Waals surface area contributed by atoms with Gasteiger partial charge in [-0.1, -0.05) is 46.3 Å². The summed E-state index contributed by atoms with van der Waals surface area (Å²) in [5.74, 6) is 0. The summed E-state index contributed by atoms with van der Waals surface area (Å²) in [6.45, 7) is 0.0505. The molecule has 0 aliphatic carbocycles. The van der Waals surface area contributed by atoms with Crippen molar-refractivity contribution in [2.24, 2.45) is 0 Å². The molecule has 0 fully saturated rings. The molecule has 0 aliphatic heterocycles. The topological polar surface area (TPSA) is 20.2 Å². The Balaban J connectivity index is 2.79. The number of rotatable bonds is 2. The fraction of sp³-hybridized carbons (Fsp3) is 0.111. The Hall–Kier alpha value is -0.600. The molecule has 0 amide bonds. The van der Waals surface area contributed by atoms with Gasteiger partial charge in [0.1, 0.15) is 0 Å². The summed E-state index contributed by atoms with van der Waals surface area (Å²) in [7, 11) is 0. The molecule has 2 heteroatoms. The summed E-state index contributed by atoms with van der Waals surface area (Å²) in [6.07, 6.45) is 1.89. The summed E-state index contributed by atoms with van der Waals surface area (Å²) in [5, 5.41) is 8.68. The lowest BCUT2D eigenvalue weighted by atomic mass is 10.2. The SMILES string of the molecule is OCC(Br)=Cc1ccccc1. The highest BCUT2D eigenvalue weighted by molar-refractivity contribution is 9.11. The quantitative estimate of drug-likeness (QED) is 0.799. The minimum Gasteiger partial charge on any atom is -0.391 e. The molecule has 0 heterocycles. The van der Waals surface area contributed by atoms with Gasteiger partial charge in [-0.2, -0.15) is 0 Å². The van der Waals surface area contributed by atoms with E-state index in [-0.39, 0.29) is 6.61 Å². The normalized spacial score (nSPS) is 11.6. The van der Waals surface area contributed by atoms with Crippen molar-refractivity contribution in [3.8, 4) is 0 Å². The molecule has 0 saturated carbocycles. The van der Waals surface area contributed by atoms with Crippen LogP contribution in [0, 0.1) is 0 Å². The van der Waals surface area contributed by atoms with Crippen LogP contribution in [0.2, 0.25) is 0 Å². The fourth-order valence-corrected chi connectivity index (χ4v) is 1.04. The first-order valence-corrected chi connectivity index (χ1v) is 4.14. The molecule has 1 N–H and O–H groups in total. The highest BCUT2D eigenvalue weighted by Crippen LogP contribution is 2.10. The van der Waals surface area contributed by atoms with E-state index in [0.717, 1.165) is 10.0 Å². The van der Waals surface area contributed by atoms with Crippen LogP contribution >= 0.6 is 15.9 Å². The molecule has 0 aliphatic rings. The maximum atomic E-state index is 8.68. The third kappa shape index (κ3) is 2.87. The second kappa shape index (κ2) is 4.31. The van der Waals surface area contributed by atoms with Crippen LogP contribution in [0.5, 0.6) is 0 Å². The van der Waals surface area contributed by atoms with E-state index < -0.39 is 0 Å². The molecule has 58 valence electrons. The molecule has 1 rings (SSSR count). The van der Waals surface area contributed by atoms with Gasteiger partial charge in [0.15, 0.2) is 0 Å². The Morgan fingerprint density at radius 1 is 1.36 bits per heavy atom. The second-order valence-corrected chi connectivity index (χ2v) is 3.18. The van der Waals surface area contributed by atoms with E-state index in [9.17, 15) is 0 Å². The van der Waals surface area contributed by atoms with Gasteiger partial charge in [0.25, 0.3) is 0 Å². The van der Waals surface area contributed by atoms with Crippen molar-refractivity contribution in [1.29, 1.82) is 0 Å². The summed E-state index contributed by atoms with van der Waals surface area (Å²) in [6, 6.07) is 9.85. The van der Waals surface area contributed by atoms with Gasteiger partial charge in [0.2, 0.25) is 0 Å². The minimum absolute atomic E-state index is 0.0505. The average Bonchev–Trinajstić information content (AvgIpc) is 2.06. The lowest BCUT2D eigenvalue weighted by Crippen LogP contribution is -1.79. The van der Waals surface area contributed by atoms with E-state index >= 15 is 0 Å². The van der Waals surface area contributed by atoms with Gasteiger partial charge in [0.05, 0.1) is 6.61 Å². The van der Waals surface area contributed by atoms with Crippen molar-refractivity contribution in [2.75, 3.05) is 6.61 Å². The molecule has 0 radical (unpaired) electrons. The van der Waals surface area contributed by atoms with E-state index in [0.29, 0.717) is 0 Å². The summed E-state index contributed by atoms with van der Waals surface area (Å²) in [5.41, 5.74) is 1.09. The largest absolute Gasteiger partial charge is 0.391 e. The van der Waals surface area contributed by atoms with Crippen molar-refractivity contribution < 1.29 is 5.11 Å². The average molecular weight is 213 g/mol. The zero-order valence-corrected chi connectivity index (χ0v) is 7.58. The van der Waals surface area contributed by atoms with Crippen molar-refractivity contribution in [3.63, 3.8) is 0 Å². The van der Waals surface area contributed by atoms with Crippen LogP contribution in [-0.2, 0) is 0 Å². The molecular weight excluding hydrogens is 204 g/mol. The minimum atomic E-state index is 0.0505. The van der Waals surface area contributed by atoms with Crippen LogP contribution in [0.15, 0.2) is 34.8 Å². The van der Waals surface area contributed by atoms with E-state index in [1.165, 1.54) is 0 Å². The smallest absolute Gasteiger partial charge is 0.0747 e. The van der Waals surface area contributed by atoms with E-state index in [1.54, 1.807) is 0 Å². The molecule has 0 atom stereocenters. The van der Waals surface area contributed by atoms with Crippen LogP contribution in [0.1, 0.15) is 5.56 Å². The molecule has 0 saturated heterocycles. The molecule has 1 aromatic rings. The van der Waals surface area contributed by atoms with Crippen LogP contribution in [0.25, 0.3) is 6.08 Å². The van der Waals surface area contributed by atoms with Gasteiger partial charge in [-0.3, -0.25) is 0 Å². The number of halogens is 1. The maximum Gasteiger partial charge on any atom is 0.0747 e. The van der Waals surface area contributed by atoms with Crippen LogP contribution in [0.4, 0.5) is 0 Å². The van der Waals surface area contributed by atoms with Gasteiger partial charge in [-0.05, 0) is 11.6 Å². The summed E-state index contributed by atoms with van der Waals surface area (Å²) >= 11 is 3.22. The van der Waals surface area contributed by atoms with Crippen molar-refractivity contribution in [2.45, 2.75) is 0 Å². The molecule has 1 aromatic carbocycles. The van der Waals surface area contributed by atoms with Crippen molar-refractivity contribution in [3.05, 3.63) is 40.4 Å². The summed E-state index contributed by atoms with van der Waals surface area (Å²) in [4.78, 5) is 0. The Morgan fingerprint density at radius 2 is 2.00 bits per heavy atom. The number of aliphatic hydroxyl groups excluding tert-OH is 1. The number of aliphatic hydroxyl groups is 1. The number of hydrogen-bond acceptors (Lipinski definition) is 1. The zero-order chi connectivity index (χ0) is 8.10. The monoisotopic (exact) mass is 212 g/mol. The maximum absolute atomic E-state index is 8.68. The fourth-order valence-electron chi connectivity index (χ4n) is 0.776. The first-order chi connectivity index (χ1) is 5.33. The van der Waals surface area contributed by atoms with Gasteiger partial charge >= 0.3 is 0 Å². The molecule has 0 bridgehead atoms. The third-order valence-corrected chi connectivity index (χ3v) is 1.75. The van der Waals surface area contributed by atoms with Crippen LogP contribution < -0.4 is 0 Å². The van der Waals surface area contributed by atoms with Gasteiger partial charge in [-0.15, -0.1) is 0 Å². The first kappa shape index (κ1) is 8.50. The van der Waals surface area contributed by atoms with Gasteiger partial charge < -0.3 is 5.11 Å². The number of benzene rings is 1. The third-order valence-electron chi connectivity index (χ3n) is 1.27. The predicted octanol–water partition coefficient (Wildman–Crippen LogP) is 2.41. The Kier molecular flexibility index (Phi) is 3.33. The summed E-state index contributed by atoms with van der Waals surface area (Å²) < 4.78 is 0.795. The Bertz CT molecular complexity index is 241. The predicted molar refractivity (Wildman–Crippen MR) is 50.4 cm³/mol. The lowest BCUT2D eigenvalue weighted by Gasteiger charge is -1.93. The zero-order valence-electron chi connectivity index (χ0n) is 6.00. The standard InChI is InChI=1S/C9H9BrO/c10-9(7-11)6-8-4-2-1-3-5-8/h1-6,11H,7H2. The highest BCUT2D eigenvalue weighted by atomic mass is 79.9. The number of hydrogen-bond donors (Lipinski definition) is 1. The molecular formula is C9H9BrO. The van der Waals surface area contributed by atoms with Gasteiger partial charge in [0, 0.05) is 4.48 Å². The van der Waals surface area contributed by atoms with Crippen molar-refractivity contribution >= 4 is 22.0 Å². The van der Waals surface area contributed by atoms with E-state index in [1.807, 2.05) is 36.4 Å². The Morgan fingerprint density at radius 3 is 2.55 bits per heavy atom. The molecule has 1 nitrogen and oxygen atoms in total.